The van der Waals surface area contributed by atoms with Crippen molar-refractivity contribution >= 4 is 27.5 Å². The smallest absolute Gasteiger partial charge is 0.177 e. The van der Waals surface area contributed by atoms with Crippen LogP contribution in [0.2, 0.25) is 5.02 Å². The molecule has 0 fully saturated rings. The van der Waals surface area contributed by atoms with Crippen LogP contribution in [0.5, 0.6) is 0 Å². The third-order valence-electron chi connectivity index (χ3n) is 1.93. The summed E-state index contributed by atoms with van der Waals surface area (Å²) < 4.78 is 2.43. The summed E-state index contributed by atoms with van der Waals surface area (Å²) in [7, 11) is 0. The van der Waals surface area contributed by atoms with Crippen LogP contribution >= 0.6 is 27.5 Å². The van der Waals surface area contributed by atoms with Crippen LogP contribution < -0.4 is 0 Å². The van der Waals surface area contributed by atoms with Crippen molar-refractivity contribution < 1.29 is 5.11 Å². The Balaban J connectivity index is 2.19. The molecule has 0 radical (unpaired) electrons. The Kier molecular flexibility index (Phi) is 3.52. The standard InChI is InChI=1S/C9H8BrClN4O/c10-9-14-7(5-16)3-15(9)4-8-12-1-6(11)2-13-8/h1-3,16H,4-5H2. The van der Waals surface area contributed by atoms with Crippen LogP contribution in [0.25, 0.3) is 0 Å². The molecule has 2 aromatic heterocycles. The van der Waals surface area contributed by atoms with Crippen LogP contribution in [0.4, 0.5) is 0 Å². The van der Waals surface area contributed by atoms with Gasteiger partial charge in [-0.05, 0) is 15.9 Å². The monoisotopic (exact) mass is 302 g/mol. The lowest BCUT2D eigenvalue weighted by molar-refractivity contribution is 0.277. The molecule has 16 heavy (non-hydrogen) atoms. The van der Waals surface area contributed by atoms with Crippen molar-refractivity contribution in [3.8, 4) is 0 Å². The van der Waals surface area contributed by atoms with E-state index in [-0.39, 0.29) is 6.61 Å². The van der Waals surface area contributed by atoms with Crippen molar-refractivity contribution in [3.05, 3.63) is 39.9 Å². The molecule has 84 valence electrons. The van der Waals surface area contributed by atoms with E-state index in [4.69, 9.17) is 16.7 Å². The topological polar surface area (TPSA) is 63.8 Å². The highest BCUT2D eigenvalue weighted by Crippen LogP contribution is 2.12. The van der Waals surface area contributed by atoms with Gasteiger partial charge in [0.2, 0.25) is 0 Å². The van der Waals surface area contributed by atoms with Gasteiger partial charge in [0.1, 0.15) is 5.82 Å². The molecule has 0 bridgehead atoms. The van der Waals surface area contributed by atoms with Gasteiger partial charge in [0.25, 0.3) is 0 Å². The van der Waals surface area contributed by atoms with Crippen molar-refractivity contribution in [1.29, 1.82) is 0 Å². The molecule has 0 aromatic carbocycles. The predicted molar refractivity (Wildman–Crippen MR) is 62.0 cm³/mol. The molecular weight excluding hydrogens is 295 g/mol. The summed E-state index contributed by atoms with van der Waals surface area (Å²) >= 11 is 8.98. The maximum absolute atomic E-state index is 8.93. The fourth-order valence-electron chi connectivity index (χ4n) is 1.20. The molecule has 0 amide bonds. The van der Waals surface area contributed by atoms with Gasteiger partial charge in [-0.3, -0.25) is 0 Å². The van der Waals surface area contributed by atoms with Gasteiger partial charge in [-0.1, -0.05) is 11.6 Å². The average Bonchev–Trinajstić information content (AvgIpc) is 2.63. The summed E-state index contributed by atoms with van der Waals surface area (Å²) in [5.74, 6) is 0.631. The molecule has 0 unspecified atom stereocenters. The number of aliphatic hydroxyl groups excluding tert-OH is 1. The SMILES string of the molecule is OCc1cn(Cc2ncc(Cl)cn2)c(Br)n1. The fourth-order valence-corrected chi connectivity index (χ4v) is 1.76. The predicted octanol–water partition coefficient (Wildman–Crippen LogP) is 1.63. The third-order valence-corrected chi connectivity index (χ3v) is 2.75. The van der Waals surface area contributed by atoms with E-state index >= 15 is 0 Å². The summed E-state index contributed by atoms with van der Waals surface area (Å²) in [6.45, 7) is 0.387. The number of halogens is 2. The zero-order valence-electron chi connectivity index (χ0n) is 8.14. The van der Waals surface area contributed by atoms with Crippen molar-refractivity contribution in [2.75, 3.05) is 0 Å². The van der Waals surface area contributed by atoms with Gasteiger partial charge in [-0.15, -0.1) is 0 Å². The summed E-state index contributed by atoms with van der Waals surface area (Å²) in [4.78, 5) is 12.2. The fraction of sp³-hybridized carbons (Fsp3) is 0.222. The van der Waals surface area contributed by atoms with Crippen molar-refractivity contribution in [2.45, 2.75) is 13.2 Å². The van der Waals surface area contributed by atoms with Gasteiger partial charge in [-0.25, -0.2) is 15.0 Å². The van der Waals surface area contributed by atoms with Crippen LogP contribution in [0.3, 0.4) is 0 Å². The highest BCUT2D eigenvalue weighted by atomic mass is 79.9. The quantitative estimate of drug-likeness (QED) is 0.936. The second-order valence-corrected chi connectivity index (χ2v) is 4.25. The molecule has 0 spiro atoms. The average molecular weight is 304 g/mol. The minimum Gasteiger partial charge on any atom is -0.390 e. The van der Waals surface area contributed by atoms with Crippen molar-refractivity contribution in [3.63, 3.8) is 0 Å². The molecule has 2 heterocycles. The van der Waals surface area contributed by atoms with E-state index < -0.39 is 0 Å². The molecule has 0 saturated carbocycles. The number of rotatable bonds is 3. The lowest BCUT2D eigenvalue weighted by Crippen LogP contribution is -2.03. The Morgan fingerprint density at radius 3 is 2.62 bits per heavy atom. The van der Waals surface area contributed by atoms with Gasteiger partial charge in [0.05, 0.1) is 23.9 Å². The van der Waals surface area contributed by atoms with E-state index in [1.165, 1.54) is 0 Å². The van der Waals surface area contributed by atoms with Gasteiger partial charge < -0.3 is 9.67 Å². The number of imidazole rings is 1. The minimum absolute atomic E-state index is 0.0902. The summed E-state index contributed by atoms with van der Waals surface area (Å²) in [6, 6.07) is 0. The molecule has 0 saturated heterocycles. The largest absolute Gasteiger partial charge is 0.390 e. The molecule has 0 aliphatic carbocycles. The van der Waals surface area contributed by atoms with Gasteiger partial charge in [-0.2, -0.15) is 0 Å². The highest BCUT2D eigenvalue weighted by molar-refractivity contribution is 9.10. The normalized spacial score (nSPS) is 10.7. The number of hydrogen-bond donors (Lipinski definition) is 1. The van der Waals surface area contributed by atoms with Crippen molar-refractivity contribution in [1.82, 2.24) is 19.5 Å². The highest BCUT2D eigenvalue weighted by Gasteiger charge is 2.06. The van der Waals surface area contributed by atoms with Crippen LogP contribution in [0.1, 0.15) is 11.5 Å². The Labute approximate surface area is 105 Å². The van der Waals surface area contributed by atoms with E-state index in [0.717, 1.165) is 0 Å². The second-order valence-electron chi connectivity index (χ2n) is 3.10. The number of nitrogens with zero attached hydrogens (tertiary/aromatic N) is 4. The van der Waals surface area contributed by atoms with Crippen LogP contribution in [-0.4, -0.2) is 24.6 Å². The Bertz CT molecular complexity index is 485. The molecule has 0 aliphatic rings. The summed E-state index contributed by atoms with van der Waals surface area (Å²) in [6.07, 6.45) is 4.82. The lowest BCUT2D eigenvalue weighted by atomic mass is 10.5. The first kappa shape index (κ1) is 11.5. The Morgan fingerprint density at radius 1 is 1.38 bits per heavy atom. The number of aromatic nitrogens is 4. The molecule has 0 atom stereocenters. The maximum atomic E-state index is 8.93. The molecule has 2 rings (SSSR count). The first-order valence-corrected chi connectivity index (χ1v) is 5.65. The van der Waals surface area contributed by atoms with Crippen LogP contribution in [-0.2, 0) is 13.2 Å². The second kappa shape index (κ2) is 4.90. The van der Waals surface area contributed by atoms with E-state index in [1.807, 2.05) is 0 Å². The first-order valence-electron chi connectivity index (χ1n) is 4.48. The van der Waals surface area contributed by atoms with Crippen LogP contribution in [0, 0.1) is 0 Å². The molecule has 7 heteroatoms. The molecule has 1 N–H and O–H groups in total. The number of hydrogen-bond acceptors (Lipinski definition) is 4. The molecule has 2 aromatic rings. The molecular formula is C9H8BrClN4O. The summed E-state index contributed by atoms with van der Waals surface area (Å²) in [5, 5.41) is 9.44. The van der Waals surface area contributed by atoms with E-state index in [9.17, 15) is 0 Å². The zero-order chi connectivity index (χ0) is 11.5. The zero-order valence-corrected chi connectivity index (χ0v) is 10.5. The Morgan fingerprint density at radius 2 is 2.06 bits per heavy atom. The molecule has 0 aliphatic heterocycles. The van der Waals surface area contributed by atoms with Crippen LogP contribution in [0.15, 0.2) is 23.3 Å². The maximum Gasteiger partial charge on any atom is 0.177 e. The van der Waals surface area contributed by atoms with Gasteiger partial charge >= 0.3 is 0 Å². The van der Waals surface area contributed by atoms with Gasteiger partial charge in [0, 0.05) is 18.6 Å². The van der Waals surface area contributed by atoms with E-state index in [2.05, 4.69) is 30.9 Å². The van der Waals surface area contributed by atoms with Gasteiger partial charge in [0.15, 0.2) is 4.73 Å². The van der Waals surface area contributed by atoms with Crippen molar-refractivity contribution in [2.24, 2.45) is 0 Å². The Hall–Kier alpha value is -0.980. The minimum atomic E-state index is -0.0902. The summed E-state index contributed by atoms with van der Waals surface area (Å²) in [5.41, 5.74) is 0.598. The third kappa shape index (κ3) is 2.58. The number of aliphatic hydroxyl groups is 1. The first-order chi connectivity index (χ1) is 7.69. The molecule has 5 nitrogen and oxygen atoms in total. The van der Waals surface area contributed by atoms with E-state index in [0.29, 0.717) is 27.8 Å². The van der Waals surface area contributed by atoms with E-state index in [1.54, 1.807) is 23.2 Å². The lowest BCUT2D eigenvalue weighted by Gasteiger charge is -2.01.